The van der Waals surface area contributed by atoms with Crippen LogP contribution in [0.3, 0.4) is 0 Å². The standard InChI is InChI=1S/C14H10ClFN2O/c1-19-14-5-4-11(7-13(14)16)18-10-3-2-9(8-17)12(15)6-10/h2-7,18H,1H3. The molecule has 0 amide bonds. The number of anilines is 2. The molecule has 2 aromatic carbocycles. The van der Waals surface area contributed by atoms with E-state index >= 15 is 0 Å². The van der Waals surface area contributed by atoms with E-state index in [1.807, 2.05) is 6.07 Å². The highest BCUT2D eigenvalue weighted by Gasteiger charge is 2.05. The summed E-state index contributed by atoms with van der Waals surface area (Å²) < 4.78 is 18.4. The highest BCUT2D eigenvalue weighted by Crippen LogP contribution is 2.26. The number of ether oxygens (including phenoxy) is 1. The Morgan fingerprint density at radius 2 is 1.89 bits per heavy atom. The largest absolute Gasteiger partial charge is 0.494 e. The molecular formula is C14H10ClFN2O. The Bertz CT molecular complexity index is 652. The highest BCUT2D eigenvalue weighted by molar-refractivity contribution is 6.32. The van der Waals surface area contributed by atoms with Crippen molar-refractivity contribution in [3.05, 3.63) is 52.8 Å². The molecule has 0 aliphatic rings. The summed E-state index contributed by atoms with van der Waals surface area (Å²) in [6.45, 7) is 0. The van der Waals surface area contributed by atoms with Crippen LogP contribution in [0.25, 0.3) is 0 Å². The molecule has 0 aliphatic carbocycles. The molecule has 2 rings (SSSR count). The summed E-state index contributed by atoms with van der Waals surface area (Å²) >= 11 is 5.92. The summed E-state index contributed by atoms with van der Waals surface area (Å²) in [6, 6.07) is 11.4. The molecule has 3 nitrogen and oxygen atoms in total. The van der Waals surface area contributed by atoms with Crippen LogP contribution in [0.2, 0.25) is 5.02 Å². The third-order valence-electron chi connectivity index (χ3n) is 2.53. The first-order valence-electron chi connectivity index (χ1n) is 5.44. The second kappa shape index (κ2) is 5.59. The van der Waals surface area contributed by atoms with Crippen molar-refractivity contribution < 1.29 is 9.13 Å². The van der Waals surface area contributed by atoms with Gasteiger partial charge in [0.25, 0.3) is 0 Å². The third kappa shape index (κ3) is 2.95. The lowest BCUT2D eigenvalue weighted by atomic mass is 10.2. The maximum atomic E-state index is 13.5. The van der Waals surface area contributed by atoms with E-state index in [2.05, 4.69) is 5.32 Å². The molecule has 0 aliphatic heterocycles. The Labute approximate surface area is 115 Å². The van der Waals surface area contributed by atoms with Crippen LogP contribution in [0.1, 0.15) is 5.56 Å². The zero-order chi connectivity index (χ0) is 13.8. The summed E-state index contributed by atoms with van der Waals surface area (Å²) in [5, 5.41) is 12.1. The predicted octanol–water partition coefficient (Wildman–Crippen LogP) is 4.10. The molecule has 0 bridgehead atoms. The van der Waals surface area contributed by atoms with Crippen LogP contribution in [0, 0.1) is 17.1 Å². The van der Waals surface area contributed by atoms with Crippen LogP contribution in [-0.2, 0) is 0 Å². The van der Waals surface area contributed by atoms with Gasteiger partial charge in [-0.1, -0.05) is 11.6 Å². The fourth-order valence-electron chi connectivity index (χ4n) is 1.59. The average Bonchev–Trinajstić information content (AvgIpc) is 2.39. The summed E-state index contributed by atoms with van der Waals surface area (Å²) in [6.07, 6.45) is 0. The van der Waals surface area contributed by atoms with Gasteiger partial charge in [-0.25, -0.2) is 4.39 Å². The summed E-state index contributed by atoms with van der Waals surface area (Å²) in [4.78, 5) is 0. The van der Waals surface area contributed by atoms with Gasteiger partial charge in [0.1, 0.15) is 6.07 Å². The Hall–Kier alpha value is -2.25. The molecule has 0 aromatic heterocycles. The monoisotopic (exact) mass is 276 g/mol. The average molecular weight is 277 g/mol. The normalized spacial score (nSPS) is 9.79. The molecular weight excluding hydrogens is 267 g/mol. The number of rotatable bonds is 3. The third-order valence-corrected chi connectivity index (χ3v) is 2.84. The summed E-state index contributed by atoms with van der Waals surface area (Å²) in [7, 11) is 1.41. The Morgan fingerprint density at radius 1 is 1.21 bits per heavy atom. The Morgan fingerprint density at radius 3 is 2.47 bits per heavy atom. The molecule has 1 N–H and O–H groups in total. The van der Waals surface area contributed by atoms with E-state index in [4.69, 9.17) is 21.6 Å². The first-order valence-corrected chi connectivity index (χ1v) is 5.82. The number of hydrogen-bond acceptors (Lipinski definition) is 3. The van der Waals surface area contributed by atoms with Crippen molar-refractivity contribution in [1.29, 1.82) is 5.26 Å². The number of nitrogens with zero attached hydrogens (tertiary/aromatic N) is 1. The van der Waals surface area contributed by atoms with Gasteiger partial charge in [-0.3, -0.25) is 0 Å². The van der Waals surface area contributed by atoms with Crippen molar-refractivity contribution in [1.82, 2.24) is 0 Å². The number of nitriles is 1. The van der Waals surface area contributed by atoms with E-state index in [1.165, 1.54) is 19.2 Å². The van der Waals surface area contributed by atoms with E-state index < -0.39 is 5.82 Å². The second-order valence-corrected chi connectivity index (χ2v) is 4.19. The van der Waals surface area contributed by atoms with Crippen LogP contribution in [-0.4, -0.2) is 7.11 Å². The molecule has 96 valence electrons. The molecule has 0 spiro atoms. The van der Waals surface area contributed by atoms with Gasteiger partial charge in [-0.15, -0.1) is 0 Å². The minimum absolute atomic E-state index is 0.184. The number of halogens is 2. The molecule has 0 fully saturated rings. The minimum atomic E-state index is -0.452. The Kier molecular flexibility index (Phi) is 3.88. The highest BCUT2D eigenvalue weighted by atomic mass is 35.5. The van der Waals surface area contributed by atoms with Crippen LogP contribution in [0.5, 0.6) is 5.75 Å². The number of benzene rings is 2. The van der Waals surface area contributed by atoms with Crippen LogP contribution in [0.4, 0.5) is 15.8 Å². The topological polar surface area (TPSA) is 45.0 Å². The molecule has 0 radical (unpaired) electrons. The fraction of sp³-hybridized carbons (Fsp3) is 0.0714. The van der Waals surface area contributed by atoms with Gasteiger partial charge in [0, 0.05) is 17.4 Å². The van der Waals surface area contributed by atoms with Gasteiger partial charge in [0.15, 0.2) is 11.6 Å². The van der Waals surface area contributed by atoms with E-state index in [1.54, 1.807) is 24.3 Å². The van der Waals surface area contributed by atoms with Gasteiger partial charge < -0.3 is 10.1 Å². The second-order valence-electron chi connectivity index (χ2n) is 3.78. The van der Waals surface area contributed by atoms with Crippen molar-refractivity contribution in [2.45, 2.75) is 0 Å². The molecule has 0 atom stereocenters. The lowest BCUT2D eigenvalue weighted by Gasteiger charge is -2.09. The van der Waals surface area contributed by atoms with Crippen molar-refractivity contribution in [3.63, 3.8) is 0 Å². The molecule has 5 heteroatoms. The Balaban J connectivity index is 2.24. The minimum Gasteiger partial charge on any atom is -0.494 e. The summed E-state index contributed by atoms with van der Waals surface area (Å²) in [5.74, 6) is -0.268. The molecule has 0 unspecified atom stereocenters. The molecule has 0 heterocycles. The van der Waals surface area contributed by atoms with Gasteiger partial charge >= 0.3 is 0 Å². The smallest absolute Gasteiger partial charge is 0.167 e. The summed E-state index contributed by atoms with van der Waals surface area (Å²) in [5.41, 5.74) is 1.64. The van der Waals surface area contributed by atoms with E-state index in [0.717, 1.165) is 0 Å². The number of hydrogen-bond donors (Lipinski definition) is 1. The first-order chi connectivity index (χ1) is 9.13. The van der Waals surface area contributed by atoms with Crippen molar-refractivity contribution in [2.24, 2.45) is 0 Å². The molecule has 0 saturated carbocycles. The van der Waals surface area contributed by atoms with Gasteiger partial charge in [0.2, 0.25) is 0 Å². The quantitative estimate of drug-likeness (QED) is 0.918. The fourth-order valence-corrected chi connectivity index (χ4v) is 1.82. The zero-order valence-corrected chi connectivity index (χ0v) is 10.8. The number of nitrogens with one attached hydrogen (secondary N) is 1. The van der Waals surface area contributed by atoms with Crippen LogP contribution < -0.4 is 10.1 Å². The van der Waals surface area contributed by atoms with Crippen LogP contribution >= 0.6 is 11.6 Å². The van der Waals surface area contributed by atoms with E-state index in [9.17, 15) is 4.39 Å². The van der Waals surface area contributed by atoms with Gasteiger partial charge in [-0.2, -0.15) is 5.26 Å². The molecule has 2 aromatic rings. The maximum absolute atomic E-state index is 13.5. The van der Waals surface area contributed by atoms with Crippen molar-refractivity contribution >= 4 is 23.0 Å². The first kappa shape index (κ1) is 13.2. The van der Waals surface area contributed by atoms with Crippen LogP contribution in [0.15, 0.2) is 36.4 Å². The zero-order valence-electron chi connectivity index (χ0n) is 10.1. The van der Waals surface area contributed by atoms with Crippen molar-refractivity contribution in [3.8, 4) is 11.8 Å². The SMILES string of the molecule is COc1ccc(Nc2ccc(C#N)c(Cl)c2)cc1F. The number of methoxy groups -OCH3 is 1. The molecule has 19 heavy (non-hydrogen) atoms. The van der Waals surface area contributed by atoms with Gasteiger partial charge in [-0.05, 0) is 30.3 Å². The molecule has 0 saturated heterocycles. The maximum Gasteiger partial charge on any atom is 0.167 e. The lowest BCUT2D eigenvalue weighted by Crippen LogP contribution is -1.94. The lowest BCUT2D eigenvalue weighted by molar-refractivity contribution is 0.386. The van der Waals surface area contributed by atoms with Crippen molar-refractivity contribution in [2.75, 3.05) is 12.4 Å². The van der Waals surface area contributed by atoms with Gasteiger partial charge in [0.05, 0.1) is 17.7 Å². The van der Waals surface area contributed by atoms with E-state index in [0.29, 0.717) is 22.0 Å². The van der Waals surface area contributed by atoms with E-state index in [-0.39, 0.29) is 5.75 Å². The predicted molar refractivity (Wildman–Crippen MR) is 72.4 cm³/mol.